The average Bonchev–Trinajstić information content (AvgIpc) is 2.31. The second-order valence-electron chi connectivity index (χ2n) is 3.59. The van der Waals surface area contributed by atoms with Crippen molar-refractivity contribution in [2.24, 2.45) is 0 Å². The van der Waals surface area contributed by atoms with Crippen LogP contribution in [0.2, 0.25) is 0 Å². The normalized spacial score (nSPS) is 13.5. The van der Waals surface area contributed by atoms with E-state index >= 15 is 0 Å². The molecule has 17 heavy (non-hydrogen) atoms. The van der Waals surface area contributed by atoms with Crippen molar-refractivity contribution in [3.8, 4) is 5.75 Å². The molecule has 0 saturated heterocycles. The first-order valence-corrected chi connectivity index (χ1v) is 4.72. The van der Waals surface area contributed by atoms with Crippen LogP contribution in [-0.4, -0.2) is 42.6 Å². The van der Waals surface area contributed by atoms with Gasteiger partial charge in [-0.1, -0.05) is 0 Å². The first kappa shape index (κ1) is 13.5. The predicted molar refractivity (Wildman–Crippen MR) is 54.8 cm³/mol. The Labute approximate surface area is 96.6 Å². The van der Waals surface area contributed by atoms with E-state index in [1.807, 2.05) is 0 Å². The zero-order chi connectivity index (χ0) is 13.2. The molecular weight excluding hydrogens is 230 g/mol. The summed E-state index contributed by atoms with van der Waals surface area (Å²) in [6.45, 7) is 0.825. The lowest BCUT2D eigenvalue weighted by Gasteiger charge is -2.23. The molecule has 0 aliphatic rings. The number of aldehydes is 1. The summed E-state index contributed by atoms with van der Waals surface area (Å²) in [7, 11) is 0. The van der Waals surface area contributed by atoms with Crippen LogP contribution in [0.3, 0.4) is 0 Å². The van der Waals surface area contributed by atoms with Gasteiger partial charge in [-0.25, -0.2) is 0 Å². The topological polar surface area (TPSA) is 131 Å². The molecular formula is C10H13NO6. The van der Waals surface area contributed by atoms with Gasteiger partial charge >= 0.3 is 0 Å². The van der Waals surface area contributed by atoms with Crippen molar-refractivity contribution in [1.29, 1.82) is 0 Å². The standard InChI is InChI=1S/C10H13NO6/c1-5-8(14)7(3-12)6(2-11-5)9(15)10(16,17)4-13/h2,4,9,12,14-17H,3H2,1H3. The lowest BCUT2D eigenvalue weighted by Crippen LogP contribution is -2.38. The number of hydrogen-bond acceptors (Lipinski definition) is 7. The maximum atomic E-state index is 10.4. The minimum absolute atomic E-state index is 0.112. The molecule has 0 radical (unpaired) electrons. The second-order valence-corrected chi connectivity index (χ2v) is 3.59. The van der Waals surface area contributed by atoms with E-state index in [2.05, 4.69) is 4.98 Å². The van der Waals surface area contributed by atoms with Crippen LogP contribution in [0.25, 0.3) is 0 Å². The van der Waals surface area contributed by atoms with E-state index in [9.17, 15) is 25.2 Å². The van der Waals surface area contributed by atoms with Gasteiger partial charge in [0.1, 0.15) is 11.9 Å². The Hall–Kier alpha value is -1.54. The van der Waals surface area contributed by atoms with Gasteiger partial charge in [-0.05, 0) is 6.92 Å². The molecule has 1 rings (SSSR count). The number of carbonyl (C=O) groups is 1. The summed E-state index contributed by atoms with van der Waals surface area (Å²) in [5.74, 6) is -3.38. The quantitative estimate of drug-likeness (QED) is 0.321. The average molecular weight is 243 g/mol. The Balaban J connectivity index is 3.32. The Morgan fingerprint density at radius 2 is 2.12 bits per heavy atom. The summed E-state index contributed by atoms with van der Waals surface area (Å²) in [4.78, 5) is 14.1. The number of pyridine rings is 1. The van der Waals surface area contributed by atoms with Gasteiger partial charge in [0, 0.05) is 17.3 Å². The molecule has 0 aliphatic heterocycles. The summed E-state index contributed by atoms with van der Waals surface area (Å²) >= 11 is 0. The first-order chi connectivity index (χ1) is 7.85. The highest BCUT2D eigenvalue weighted by Gasteiger charge is 2.36. The highest BCUT2D eigenvalue weighted by molar-refractivity contribution is 5.61. The maximum Gasteiger partial charge on any atom is 0.252 e. The molecule has 7 heteroatoms. The minimum atomic E-state index is -3.01. The molecule has 0 bridgehead atoms. The summed E-state index contributed by atoms with van der Waals surface area (Å²) in [6.07, 6.45) is -1.22. The third-order valence-electron chi connectivity index (χ3n) is 2.40. The molecule has 0 spiro atoms. The minimum Gasteiger partial charge on any atom is -0.506 e. The highest BCUT2D eigenvalue weighted by Crippen LogP contribution is 2.31. The first-order valence-electron chi connectivity index (χ1n) is 4.72. The number of carbonyl (C=O) groups excluding carboxylic acids is 1. The van der Waals surface area contributed by atoms with Crippen LogP contribution in [0.5, 0.6) is 5.75 Å². The largest absolute Gasteiger partial charge is 0.506 e. The van der Waals surface area contributed by atoms with Crippen LogP contribution < -0.4 is 0 Å². The summed E-state index contributed by atoms with van der Waals surface area (Å²) in [6, 6.07) is 0. The van der Waals surface area contributed by atoms with Crippen molar-refractivity contribution in [3.63, 3.8) is 0 Å². The molecule has 0 amide bonds. The van der Waals surface area contributed by atoms with Crippen LogP contribution in [0, 0.1) is 6.92 Å². The van der Waals surface area contributed by atoms with Gasteiger partial charge < -0.3 is 25.5 Å². The number of nitrogens with zero attached hydrogens (tertiary/aromatic N) is 1. The molecule has 5 N–H and O–H groups in total. The van der Waals surface area contributed by atoms with Crippen molar-refractivity contribution in [2.45, 2.75) is 25.4 Å². The van der Waals surface area contributed by atoms with Gasteiger partial charge in [-0.3, -0.25) is 9.78 Å². The van der Waals surface area contributed by atoms with Crippen LogP contribution in [0.1, 0.15) is 22.9 Å². The van der Waals surface area contributed by atoms with E-state index in [0.717, 1.165) is 6.20 Å². The fourth-order valence-corrected chi connectivity index (χ4v) is 1.36. The second kappa shape index (κ2) is 4.76. The highest BCUT2D eigenvalue weighted by atomic mass is 16.5. The van der Waals surface area contributed by atoms with Crippen molar-refractivity contribution >= 4 is 6.29 Å². The van der Waals surface area contributed by atoms with E-state index < -0.39 is 18.5 Å². The molecule has 7 nitrogen and oxygen atoms in total. The fourth-order valence-electron chi connectivity index (χ4n) is 1.36. The Bertz CT molecular complexity index is 431. The van der Waals surface area contributed by atoms with Gasteiger partial charge in [0.05, 0.1) is 12.3 Å². The molecule has 0 fully saturated rings. The zero-order valence-corrected chi connectivity index (χ0v) is 9.03. The molecule has 0 aliphatic carbocycles. The predicted octanol–water partition coefficient (Wildman–Crippen LogP) is -1.50. The van der Waals surface area contributed by atoms with E-state index in [0.29, 0.717) is 0 Å². The molecule has 1 atom stereocenters. The number of aromatic hydroxyl groups is 1. The zero-order valence-electron chi connectivity index (χ0n) is 9.03. The SMILES string of the molecule is Cc1ncc(C(O)C(O)(O)C=O)c(CO)c1O. The Kier molecular flexibility index (Phi) is 3.79. The van der Waals surface area contributed by atoms with Crippen molar-refractivity contribution in [2.75, 3.05) is 0 Å². The van der Waals surface area contributed by atoms with Crippen LogP contribution in [-0.2, 0) is 11.4 Å². The van der Waals surface area contributed by atoms with Gasteiger partial charge in [-0.2, -0.15) is 0 Å². The number of aliphatic hydroxyl groups is 4. The number of rotatable bonds is 4. The Morgan fingerprint density at radius 3 is 2.59 bits per heavy atom. The monoisotopic (exact) mass is 243 g/mol. The van der Waals surface area contributed by atoms with Gasteiger partial charge in [0.2, 0.25) is 0 Å². The summed E-state index contributed by atoms with van der Waals surface area (Å²) in [5, 5.41) is 46.6. The van der Waals surface area contributed by atoms with Crippen LogP contribution in [0.4, 0.5) is 0 Å². The van der Waals surface area contributed by atoms with E-state index in [-0.39, 0.29) is 28.9 Å². The van der Waals surface area contributed by atoms with E-state index in [4.69, 9.17) is 5.11 Å². The smallest absolute Gasteiger partial charge is 0.252 e. The van der Waals surface area contributed by atoms with Crippen LogP contribution in [0.15, 0.2) is 6.20 Å². The molecule has 1 unspecified atom stereocenters. The molecule has 1 heterocycles. The molecule has 1 aromatic heterocycles. The van der Waals surface area contributed by atoms with Crippen molar-refractivity contribution < 1.29 is 30.3 Å². The third-order valence-corrected chi connectivity index (χ3v) is 2.40. The number of aromatic nitrogens is 1. The van der Waals surface area contributed by atoms with Gasteiger partial charge in [-0.15, -0.1) is 0 Å². The summed E-state index contributed by atoms with van der Waals surface area (Å²) < 4.78 is 0. The van der Waals surface area contributed by atoms with E-state index in [1.54, 1.807) is 0 Å². The lowest BCUT2D eigenvalue weighted by atomic mass is 9.98. The summed E-state index contributed by atoms with van der Waals surface area (Å²) in [5.41, 5.74) is -0.135. The van der Waals surface area contributed by atoms with Gasteiger partial charge in [0.15, 0.2) is 6.29 Å². The van der Waals surface area contributed by atoms with Gasteiger partial charge in [0.25, 0.3) is 5.79 Å². The van der Waals surface area contributed by atoms with Crippen LogP contribution >= 0.6 is 0 Å². The molecule has 0 aromatic carbocycles. The molecule has 94 valence electrons. The fraction of sp³-hybridized carbons (Fsp3) is 0.400. The number of aryl methyl sites for hydroxylation is 1. The van der Waals surface area contributed by atoms with E-state index in [1.165, 1.54) is 6.92 Å². The third kappa shape index (κ3) is 2.42. The Morgan fingerprint density at radius 1 is 1.53 bits per heavy atom. The molecule has 1 aromatic rings. The van der Waals surface area contributed by atoms with Crippen molar-refractivity contribution in [3.05, 3.63) is 23.0 Å². The number of aliphatic hydroxyl groups excluding tert-OH is 2. The number of hydrogen-bond donors (Lipinski definition) is 5. The molecule has 0 saturated carbocycles. The lowest BCUT2D eigenvalue weighted by molar-refractivity contribution is -0.210. The van der Waals surface area contributed by atoms with Crippen molar-refractivity contribution in [1.82, 2.24) is 4.98 Å². The maximum absolute atomic E-state index is 10.4.